The molecule has 9 nitrogen and oxygen atoms in total. The molecule has 190 valence electrons. The van der Waals surface area contributed by atoms with Crippen molar-refractivity contribution in [2.75, 3.05) is 18.8 Å². The SMILES string of the molecule is N#Cc1c(C2CCNCC2)nc2c(-c3ccc(-c4ccccc4)nc3)cnn2c1N.O=C(O)C(F)(F)F. The van der Waals surface area contributed by atoms with E-state index in [4.69, 9.17) is 20.6 Å². The molecule has 1 aliphatic rings. The van der Waals surface area contributed by atoms with Crippen molar-refractivity contribution in [3.63, 3.8) is 0 Å². The summed E-state index contributed by atoms with van der Waals surface area (Å²) in [6, 6.07) is 16.3. The zero-order valence-electron chi connectivity index (χ0n) is 19.4. The Kier molecular flexibility index (Phi) is 7.35. The lowest BCUT2D eigenvalue weighted by Gasteiger charge is -2.23. The van der Waals surface area contributed by atoms with Crippen molar-refractivity contribution in [1.29, 1.82) is 5.26 Å². The van der Waals surface area contributed by atoms with Gasteiger partial charge in [-0.2, -0.15) is 28.0 Å². The molecule has 0 atom stereocenters. The van der Waals surface area contributed by atoms with Gasteiger partial charge in [0, 0.05) is 28.8 Å². The molecule has 0 amide bonds. The maximum Gasteiger partial charge on any atom is 0.490 e. The van der Waals surface area contributed by atoms with E-state index in [1.165, 1.54) is 0 Å². The lowest BCUT2D eigenvalue weighted by molar-refractivity contribution is -0.192. The highest BCUT2D eigenvalue weighted by atomic mass is 19.4. The van der Waals surface area contributed by atoms with Gasteiger partial charge in [-0.25, -0.2) is 9.78 Å². The molecule has 4 N–H and O–H groups in total. The number of pyridine rings is 1. The minimum Gasteiger partial charge on any atom is -0.475 e. The van der Waals surface area contributed by atoms with Gasteiger partial charge in [0.1, 0.15) is 17.5 Å². The molecule has 3 aromatic heterocycles. The number of nitrogen functional groups attached to an aromatic ring is 1. The van der Waals surface area contributed by atoms with Gasteiger partial charge in [0.25, 0.3) is 0 Å². The largest absolute Gasteiger partial charge is 0.490 e. The molecular formula is C25H22F3N7O2. The molecule has 5 rings (SSSR count). The summed E-state index contributed by atoms with van der Waals surface area (Å²) in [5.74, 6) is -2.20. The van der Waals surface area contributed by atoms with E-state index in [9.17, 15) is 18.4 Å². The van der Waals surface area contributed by atoms with Gasteiger partial charge in [-0.15, -0.1) is 0 Å². The monoisotopic (exact) mass is 509 g/mol. The van der Waals surface area contributed by atoms with Crippen LogP contribution in [0.5, 0.6) is 0 Å². The van der Waals surface area contributed by atoms with Crippen molar-refractivity contribution in [3.8, 4) is 28.5 Å². The number of carboxylic acid groups (broad SMARTS) is 1. The molecule has 0 spiro atoms. The Balaban J connectivity index is 0.000000405. The number of aliphatic carboxylic acids is 1. The first-order valence-electron chi connectivity index (χ1n) is 11.3. The van der Waals surface area contributed by atoms with Crippen LogP contribution in [0.1, 0.15) is 30.0 Å². The fourth-order valence-electron chi connectivity index (χ4n) is 4.07. The number of hydrogen-bond donors (Lipinski definition) is 3. The third-order valence-corrected chi connectivity index (χ3v) is 5.93. The molecule has 0 saturated carbocycles. The number of carboxylic acids is 1. The molecule has 0 bridgehead atoms. The van der Waals surface area contributed by atoms with Crippen molar-refractivity contribution in [3.05, 3.63) is 66.1 Å². The third kappa shape index (κ3) is 5.52. The van der Waals surface area contributed by atoms with E-state index < -0.39 is 12.1 Å². The number of nitriles is 1. The van der Waals surface area contributed by atoms with Crippen LogP contribution in [0.3, 0.4) is 0 Å². The summed E-state index contributed by atoms with van der Waals surface area (Å²) >= 11 is 0. The van der Waals surface area contributed by atoms with Gasteiger partial charge < -0.3 is 16.2 Å². The molecule has 37 heavy (non-hydrogen) atoms. The second kappa shape index (κ2) is 10.6. The zero-order valence-corrected chi connectivity index (χ0v) is 19.4. The Morgan fingerprint density at radius 1 is 1.11 bits per heavy atom. The van der Waals surface area contributed by atoms with Crippen LogP contribution in [0.25, 0.3) is 28.0 Å². The molecule has 4 aromatic rings. The van der Waals surface area contributed by atoms with Crippen LogP contribution in [-0.4, -0.2) is 49.9 Å². The van der Waals surface area contributed by atoms with Crippen LogP contribution in [0.4, 0.5) is 19.0 Å². The number of nitrogens with two attached hydrogens (primary N) is 1. The van der Waals surface area contributed by atoms with Gasteiger partial charge in [0.2, 0.25) is 0 Å². The second-order valence-corrected chi connectivity index (χ2v) is 8.29. The van der Waals surface area contributed by atoms with Crippen molar-refractivity contribution in [1.82, 2.24) is 24.9 Å². The standard InChI is InChI=1S/C23H21N7.C2HF3O2/c24-12-18-21(16-8-10-26-11-9-16)29-23-19(14-28-30(23)22(18)25)17-6-7-20(27-13-17)15-4-2-1-3-5-15;3-2(4,5)1(6)7/h1-7,13-14,16,26H,8-11,25H2;(H,6,7). The van der Waals surface area contributed by atoms with Gasteiger partial charge in [-0.3, -0.25) is 4.98 Å². The molecule has 1 saturated heterocycles. The number of fused-ring (bicyclic) bond motifs is 1. The van der Waals surface area contributed by atoms with Crippen molar-refractivity contribution >= 4 is 17.4 Å². The van der Waals surface area contributed by atoms with Gasteiger partial charge in [-0.1, -0.05) is 36.4 Å². The number of hydrogen-bond acceptors (Lipinski definition) is 7. The van der Waals surface area contributed by atoms with Crippen LogP contribution in [0, 0.1) is 11.3 Å². The van der Waals surface area contributed by atoms with Gasteiger partial charge in [-0.05, 0) is 32.0 Å². The predicted octanol–water partition coefficient (Wildman–Crippen LogP) is 4.01. The number of carbonyl (C=O) groups is 1. The number of halogens is 3. The molecule has 1 aromatic carbocycles. The number of rotatable bonds is 3. The number of anilines is 1. The molecule has 12 heteroatoms. The average Bonchev–Trinajstić information content (AvgIpc) is 3.34. The van der Waals surface area contributed by atoms with Crippen LogP contribution >= 0.6 is 0 Å². The Morgan fingerprint density at radius 2 is 1.78 bits per heavy atom. The smallest absolute Gasteiger partial charge is 0.475 e. The van der Waals surface area contributed by atoms with E-state index in [-0.39, 0.29) is 5.92 Å². The van der Waals surface area contributed by atoms with Crippen molar-refractivity contribution < 1.29 is 23.1 Å². The second-order valence-electron chi connectivity index (χ2n) is 8.29. The van der Waals surface area contributed by atoms with E-state index in [1.54, 1.807) is 10.7 Å². The normalized spacial score (nSPS) is 14.0. The fourth-order valence-corrected chi connectivity index (χ4v) is 4.07. The van der Waals surface area contributed by atoms with E-state index in [0.29, 0.717) is 17.0 Å². The Bertz CT molecular complexity index is 1440. The predicted molar refractivity (Wildman–Crippen MR) is 129 cm³/mol. The molecule has 0 radical (unpaired) electrons. The number of nitrogens with one attached hydrogen (secondary N) is 1. The quantitative estimate of drug-likeness (QED) is 0.376. The minimum absolute atomic E-state index is 0.217. The number of piperidine rings is 1. The van der Waals surface area contributed by atoms with Gasteiger partial charge >= 0.3 is 12.1 Å². The number of aromatic nitrogens is 4. The summed E-state index contributed by atoms with van der Waals surface area (Å²) in [5.41, 5.74) is 12.0. The molecular weight excluding hydrogens is 487 g/mol. The molecule has 1 aliphatic heterocycles. The summed E-state index contributed by atoms with van der Waals surface area (Å²) < 4.78 is 33.3. The van der Waals surface area contributed by atoms with E-state index in [0.717, 1.165) is 54.0 Å². The first-order valence-corrected chi connectivity index (χ1v) is 11.3. The summed E-state index contributed by atoms with van der Waals surface area (Å²) in [6.07, 6.45) is 0.368. The summed E-state index contributed by atoms with van der Waals surface area (Å²) in [7, 11) is 0. The van der Waals surface area contributed by atoms with Crippen LogP contribution in [0.2, 0.25) is 0 Å². The van der Waals surface area contributed by atoms with Crippen molar-refractivity contribution in [2.45, 2.75) is 24.9 Å². The topological polar surface area (TPSA) is 142 Å². The lowest BCUT2D eigenvalue weighted by atomic mass is 9.91. The Labute approximate surface area is 209 Å². The van der Waals surface area contributed by atoms with Crippen molar-refractivity contribution in [2.24, 2.45) is 0 Å². The highest BCUT2D eigenvalue weighted by Gasteiger charge is 2.38. The highest BCUT2D eigenvalue weighted by molar-refractivity contribution is 5.79. The van der Waals surface area contributed by atoms with E-state index in [2.05, 4.69) is 21.5 Å². The third-order valence-electron chi connectivity index (χ3n) is 5.93. The highest BCUT2D eigenvalue weighted by Crippen LogP contribution is 2.33. The van der Waals surface area contributed by atoms with Crippen LogP contribution < -0.4 is 11.1 Å². The first-order chi connectivity index (χ1) is 17.7. The number of alkyl halides is 3. The minimum atomic E-state index is -5.08. The first kappa shape index (κ1) is 25.6. The molecule has 0 aliphatic carbocycles. The summed E-state index contributed by atoms with van der Waals surface area (Å²) in [6.45, 7) is 1.83. The molecule has 4 heterocycles. The Morgan fingerprint density at radius 3 is 2.35 bits per heavy atom. The zero-order chi connectivity index (χ0) is 26.6. The van der Waals surface area contributed by atoms with E-state index in [1.807, 2.05) is 48.7 Å². The molecule has 1 fully saturated rings. The Hall–Kier alpha value is -4.50. The van der Waals surface area contributed by atoms with Gasteiger partial charge in [0.15, 0.2) is 5.65 Å². The lowest BCUT2D eigenvalue weighted by Crippen LogP contribution is -2.28. The van der Waals surface area contributed by atoms with Crippen LogP contribution in [-0.2, 0) is 4.79 Å². The number of benzene rings is 1. The maximum absolute atomic E-state index is 10.6. The fraction of sp³-hybridized carbons (Fsp3) is 0.240. The average molecular weight is 509 g/mol. The van der Waals surface area contributed by atoms with Gasteiger partial charge in [0.05, 0.1) is 17.6 Å². The van der Waals surface area contributed by atoms with E-state index >= 15 is 0 Å². The summed E-state index contributed by atoms with van der Waals surface area (Å²) in [5, 5.41) is 24.6. The van der Waals surface area contributed by atoms with Crippen LogP contribution in [0.15, 0.2) is 54.9 Å². The molecule has 0 unspecified atom stereocenters. The number of nitrogens with zero attached hydrogens (tertiary/aromatic N) is 5. The summed E-state index contributed by atoms with van der Waals surface area (Å²) in [4.78, 5) is 18.4. The maximum atomic E-state index is 10.6.